The van der Waals surface area contributed by atoms with Crippen LogP contribution in [-0.2, 0) is 14.3 Å². The first-order valence-electron chi connectivity index (χ1n) is 8.89. The molecule has 1 N–H and O–H groups in total. The molecule has 0 aliphatic carbocycles. The Bertz CT molecular complexity index is 937. The molecule has 0 bridgehead atoms. The Morgan fingerprint density at radius 3 is 2.38 bits per heavy atom. The van der Waals surface area contributed by atoms with Gasteiger partial charge in [-0.3, -0.25) is 4.79 Å². The van der Waals surface area contributed by atoms with Crippen LogP contribution in [0.1, 0.15) is 12.5 Å². The second kappa shape index (κ2) is 9.79. The highest BCUT2D eigenvalue weighted by Crippen LogP contribution is 2.29. The molecule has 29 heavy (non-hydrogen) atoms. The topological polar surface area (TPSA) is 86.2 Å². The van der Waals surface area contributed by atoms with Crippen molar-refractivity contribution < 1.29 is 23.8 Å². The van der Waals surface area contributed by atoms with E-state index >= 15 is 0 Å². The van der Waals surface area contributed by atoms with Gasteiger partial charge < -0.3 is 19.5 Å². The predicted octanol–water partition coefficient (Wildman–Crippen LogP) is 3.53. The van der Waals surface area contributed by atoms with Crippen LogP contribution < -0.4 is 14.8 Å². The molecule has 1 aliphatic heterocycles. The van der Waals surface area contributed by atoms with Gasteiger partial charge in [0.1, 0.15) is 11.5 Å². The summed E-state index contributed by atoms with van der Waals surface area (Å²) in [5, 5.41) is 3.28. The van der Waals surface area contributed by atoms with Crippen LogP contribution in [0.4, 0.5) is 5.69 Å². The van der Waals surface area contributed by atoms with E-state index in [0.717, 1.165) is 17.0 Å². The molecule has 0 atom stereocenters. The number of amides is 1. The van der Waals surface area contributed by atoms with Crippen LogP contribution in [0.5, 0.6) is 11.5 Å². The molecule has 2 aromatic rings. The highest BCUT2D eigenvalue weighted by atomic mass is 32.2. The number of aliphatic imine (C=N–C) groups is 1. The number of hydrogen-bond acceptors (Lipinski definition) is 7. The van der Waals surface area contributed by atoms with E-state index in [1.807, 2.05) is 31.2 Å². The monoisotopic (exact) mass is 412 g/mol. The Morgan fingerprint density at radius 1 is 1.07 bits per heavy atom. The normalized spacial score (nSPS) is 16.0. The van der Waals surface area contributed by atoms with E-state index in [4.69, 9.17) is 9.47 Å². The van der Waals surface area contributed by atoms with Crippen molar-refractivity contribution in [3.05, 3.63) is 59.0 Å². The fraction of sp³-hybridized carbons (Fsp3) is 0.190. The molecule has 0 saturated carbocycles. The van der Waals surface area contributed by atoms with Gasteiger partial charge in [-0.15, -0.1) is 0 Å². The van der Waals surface area contributed by atoms with Crippen LogP contribution in [0.3, 0.4) is 0 Å². The summed E-state index contributed by atoms with van der Waals surface area (Å²) in [4.78, 5) is 28.3. The molecule has 1 saturated heterocycles. The van der Waals surface area contributed by atoms with Gasteiger partial charge in [0.15, 0.2) is 11.8 Å². The predicted molar refractivity (Wildman–Crippen MR) is 112 cm³/mol. The third-order valence-corrected chi connectivity index (χ3v) is 4.70. The van der Waals surface area contributed by atoms with Crippen molar-refractivity contribution >= 4 is 40.6 Å². The number of rotatable bonds is 7. The van der Waals surface area contributed by atoms with Crippen LogP contribution in [0, 0.1) is 0 Å². The standard InChI is InChI=1S/C21H20N2O5S/c1-3-27-16-10-6-15(7-11-16)22-21-23-20(25)18(29-21)12-14-4-8-17(9-5-14)28-13-19(24)26-2/h4-12H,3,13H2,1-2H3,(H,22,23,25). The molecule has 1 heterocycles. The Morgan fingerprint density at radius 2 is 1.72 bits per heavy atom. The second-order valence-corrected chi connectivity index (χ2v) is 6.87. The Labute approximate surface area is 172 Å². The Balaban J connectivity index is 1.64. The zero-order valence-corrected chi connectivity index (χ0v) is 16.8. The number of ether oxygens (including phenoxy) is 3. The van der Waals surface area contributed by atoms with Crippen molar-refractivity contribution in [2.75, 3.05) is 20.3 Å². The Kier molecular flexibility index (Phi) is 6.91. The third kappa shape index (κ3) is 5.86. The van der Waals surface area contributed by atoms with E-state index in [2.05, 4.69) is 15.0 Å². The first-order chi connectivity index (χ1) is 14.1. The van der Waals surface area contributed by atoms with Crippen molar-refractivity contribution in [1.29, 1.82) is 0 Å². The van der Waals surface area contributed by atoms with E-state index in [-0.39, 0.29) is 12.5 Å². The number of esters is 1. The lowest BCUT2D eigenvalue weighted by Crippen LogP contribution is -2.19. The molecular formula is C21H20N2O5S. The minimum atomic E-state index is -0.449. The van der Waals surface area contributed by atoms with Gasteiger partial charge >= 0.3 is 5.97 Å². The molecule has 3 rings (SSSR count). The van der Waals surface area contributed by atoms with Gasteiger partial charge in [0.25, 0.3) is 5.91 Å². The molecule has 8 heteroatoms. The summed E-state index contributed by atoms with van der Waals surface area (Å²) in [5.74, 6) is 0.665. The number of thioether (sulfide) groups is 1. The molecule has 0 spiro atoms. The molecule has 1 amide bonds. The largest absolute Gasteiger partial charge is 0.494 e. The van der Waals surface area contributed by atoms with Crippen molar-refractivity contribution in [3.63, 3.8) is 0 Å². The summed E-state index contributed by atoms with van der Waals surface area (Å²) >= 11 is 1.27. The lowest BCUT2D eigenvalue weighted by molar-refractivity contribution is -0.142. The summed E-state index contributed by atoms with van der Waals surface area (Å²) in [7, 11) is 1.30. The van der Waals surface area contributed by atoms with Gasteiger partial charge in [0.2, 0.25) is 0 Å². The number of methoxy groups -OCH3 is 1. The summed E-state index contributed by atoms with van der Waals surface area (Å²) in [5.41, 5.74) is 1.56. The number of carbonyl (C=O) groups excluding carboxylic acids is 2. The molecule has 7 nitrogen and oxygen atoms in total. The van der Waals surface area contributed by atoms with Crippen molar-refractivity contribution in [3.8, 4) is 11.5 Å². The molecule has 0 unspecified atom stereocenters. The summed E-state index contributed by atoms with van der Waals surface area (Å²) in [6, 6.07) is 14.4. The number of hydrogen-bond donors (Lipinski definition) is 1. The smallest absolute Gasteiger partial charge is 0.343 e. The minimum absolute atomic E-state index is 0.152. The quantitative estimate of drug-likeness (QED) is 0.553. The summed E-state index contributed by atoms with van der Waals surface area (Å²) in [6.45, 7) is 2.38. The number of amidine groups is 1. The first-order valence-corrected chi connectivity index (χ1v) is 9.71. The second-order valence-electron chi connectivity index (χ2n) is 5.84. The highest BCUT2D eigenvalue weighted by molar-refractivity contribution is 8.18. The SMILES string of the molecule is CCOc1ccc(N=C2NC(=O)C(=Cc3ccc(OCC(=O)OC)cc3)S2)cc1. The maximum Gasteiger partial charge on any atom is 0.343 e. The van der Waals surface area contributed by atoms with Crippen LogP contribution in [0.15, 0.2) is 58.4 Å². The van der Waals surface area contributed by atoms with Gasteiger partial charge in [-0.2, -0.15) is 0 Å². The zero-order chi connectivity index (χ0) is 20.6. The van der Waals surface area contributed by atoms with Gasteiger partial charge in [0.05, 0.1) is 24.3 Å². The summed E-state index contributed by atoms with van der Waals surface area (Å²) < 4.78 is 15.2. The van der Waals surface area contributed by atoms with E-state index in [1.165, 1.54) is 18.9 Å². The van der Waals surface area contributed by atoms with Crippen LogP contribution in [0.2, 0.25) is 0 Å². The summed E-state index contributed by atoms with van der Waals surface area (Å²) in [6.07, 6.45) is 1.77. The first kappa shape index (κ1) is 20.5. The fourth-order valence-electron chi connectivity index (χ4n) is 2.39. The number of carbonyl (C=O) groups is 2. The lowest BCUT2D eigenvalue weighted by Gasteiger charge is -2.04. The molecule has 2 aromatic carbocycles. The van der Waals surface area contributed by atoms with E-state index in [1.54, 1.807) is 30.3 Å². The van der Waals surface area contributed by atoms with Crippen LogP contribution in [-0.4, -0.2) is 37.4 Å². The molecular weight excluding hydrogens is 392 g/mol. The minimum Gasteiger partial charge on any atom is -0.494 e. The average molecular weight is 412 g/mol. The molecule has 1 fully saturated rings. The van der Waals surface area contributed by atoms with E-state index < -0.39 is 5.97 Å². The Hall–Kier alpha value is -3.26. The molecule has 150 valence electrons. The van der Waals surface area contributed by atoms with E-state index in [0.29, 0.717) is 22.4 Å². The van der Waals surface area contributed by atoms with Gasteiger partial charge in [-0.05, 0) is 66.7 Å². The maximum atomic E-state index is 12.2. The fourth-order valence-corrected chi connectivity index (χ4v) is 3.24. The van der Waals surface area contributed by atoms with Crippen molar-refractivity contribution in [2.24, 2.45) is 4.99 Å². The molecule has 0 radical (unpaired) electrons. The maximum absolute atomic E-state index is 12.2. The lowest BCUT2D eigenvalue weighted by atomic mass is 10.2. The van der Waals surface area contributed by atoms with Crippen molar-refractivity contribution in [2.45, 2.75) is 6.92 Å². The van der Waals surface area contributed by atoms with Gasteiger partial charge in [0, 0.05) is 0 Å². The molecule has 0 aromatic heterocycles. The van der Waals surface area contributed by atoms with Gasteiger partial charge in [-0.1, -0.05) is 12.1 Å². The zero-order valence-electron chi connectivity index (χ0n) is 16.0. The number of nitrogens with zero attached hydrogens (tertiary/aromatic N) is 1. The van der Waals surface area contributed by atoms with Crippen LogP contribution >= 0.6 is 11.8 Å². The highest BCUT2D eigenvalue weighted by Gasteiger charge is 2.23. The average Bonchev–Trinajstić information content (AvgIpc) is 3.07. The van der Waals surface area contributed by atoms with Crippen LogP contribution in [0.25, 0.3) is 6.08 Å². The molecule has 1 aliphatic rings. The third-order valence-electron chi connectivity index (χ3n) is 3.79. The number of nitrogens with one attached hydrogen (secondary N) is 1. The van der Waals surface area contributed by atoms with E-state index in [9.17, 15) is 9.59 Å². The van der Waals surface area contributed by atoms with Crippen molar-refractivity contribution in [1.82, 2.24) is 5.32 Å². The number of benzene rings is 2. The van der Waals surface area contributed by atoms with Gasteiger partial charge in [-0.25, -0.2) is 9.79 Å².